The molecule has 2 aliphatic carbocycles. The van der Waals surface area contributed by atoms with Crippen molar-refractivity contribution in [3.05, 3.63) is 35.4 Å². The summed E-state index contributed by atoms with van der Waals surface area (Å²) in [5.74, 6) is 1.12. The second kappa shape index (κ2) is 11.0. The topological polar surface area (TPSA) is 78.7 Å². The van der Waals surface area contributed by atoms with Crippen molar-refractivity contribution in [3.63, 3.8) is 0 Å². The fourth-order valence-electron chi connectivity index (χ4n) is 5.98. The monoisotopic (exact) mass is 454 g/mol. The van der Waals surface area contributed by atoms with Crippen molar-refractivity contribution < 1.29 is 9.59 Å². The van der Waals surface area contributed by atoms with Crippen LogP contribution in [-0.4, -0.2) is 59.4 Å². The number of benzene rings is 1. The van der Waals surface area contributed by atoms with E-state index in [1.165, 1.54) is 36.8 Å². The van der Waals surface area contributed by atoms with E-state index in [1.807, 2.05) is 0 Å². The van der Waals surface area contributed by atoms with Gasteiger partial charge in [-0.3, -0.25) is 14.5 Å². The third-order valence-corrected chi connectivity index (χ3v) is 8.17. The fraction of sp³-hybridized carbons (Fsp3) is 0.704. The summed E-state index contributed by atoms with van der Waals surface area (Å²) in [7, 11) is 0. The zero-order chi connectivity index (χ0) is 23.4. The predicted octanol–water partition coefficient (Wildman–Crippen LogP) is 3.22. The summed E-state index contributed by atoms with van der Waals surface area (Å²) in [5, 5.41) is 3.22. The van der Waals surface area contributed by atoms with Crippen LogP contribution in [0.4, 0.5) is 0 Å². The molecule has 1 aromatic rings. The summed E-state index contributed by atoms with van der Waals surface area (Å²) in [6, 6.07) is 9.18. The number of carbonyl (C=O) groups excluding carboxylic acids is 2. The van der Waals surface area contributed by atoms with Gasteiger partial charge in [0.25, 0.3) is 0 Å². The summed E-state index contributed by atoms with van der Waals surface area (Å²) >= 11 is 0. The second-order valence-electron chi connectivity index (χ2n) is 10.6. The molecule has 33 heavy (non-hydrogen) atoms. The first-order valence-electron chi connectivity index (χ1n) is 13.0. The molecule has 1 saturated heterocycles. The van der Waals surface area contributed by atoms with Gasteiger partial charge in [-0.15, -0.1) is 0 Å². The first-order valence-corrected chi connectivity index (χ1v) is 13.0. The highest BCUT2D eigenvalue weighted by Gasteiger charge is 2.41. The van der Waals surface area contributed by atoms with Crippen LogP contribution in [0.5, 0.6) is 0 Å². The van der Waals surface area contributed by atoms with Gasteiger partial charge in [0.05, 0.1) is 0 Å². The van der Waals surface area contributed by atoms with Crippen molar-refractivity contribution >= 4 is 11.8 Å². The third kappa shape index (κ3) is 6.15. The lowest BCUT2D eigenvalue weighted by Crippen LogP contribution is -2.57. The van der Waals surface area contributed by atoms with E-state index in [-0.39, 0.29) is 17.9 Å². The minimum absolute atomic E-state index is 0.00587. The van der Waals surface area contributed by atoms with Crippen LogP contribution in [0, 0.1) is 18.8 Å². The van der Waals surface area contributed by atoms with Crippen LogP contribution in [0.15, 0.2) is 24.3 Å². The van der Waals surface area contributed by atoms with Crippen LogP contribution < -0.4 is 11.1 Å². The van der Waals surface area contributed by atoms with Gasteiger partial charge in [-0.2, -0.15) is 0 Å². The standard InChI is InChI=1S/C27H42N4O2/c1-19-6-3-4-9-23(19)18-31(24-10-11-24)25-12-13-30(20(2)32)26(15-25)27(33)29-17-22-8-5-7-21(14-22)16-28/h3-4,6,9,21-22,24-26H,5,7-8,10-18,28H2,1-2H3,(H,29,33)/t21?,22?,25?,26-/m1/s1. The molecule has 3 unspecified atom stereocenters. The molecule has 4 rings (SSSR count). The highest BCUT2D eigenvalue weighted by atomic mass is 16.2. The number of hydrogen-bond acceptors (Lipinski definition) is 4. The van der Waals surface area contributed by atoms with Crippen molar-refractivity contribution in [2.45, 2.75) is 89.9 Å². The lowest BCUT2D eigenvalue weighted by molar-refractivity contribution is -0.142. The van der Waals surface area contributed by atoms with Crippen molar-refractivity contribution in [2.24, 2.45) is 17.6 Å². The number of amides is 2. The van der Waals surface area contributed by atoms with E-state index in [4.69, 9.17) is 5.73 Å². The minimum Gasteiger partial charge on any atom is -0.354 e. The Bertz CT molecular complexity index is 824. The average Bonchev–Trinajstić information content (AvgIpc) is 3.67. The highest BCUT2D eigenvalue weighted by Crippen LogP contribution is 2.35. The number of nitrogens with two attached hydrogens (primary N) is 1. The summed E-state index contributed by atoms with van der Waals surface area (Å²) in [4.78, 5) is 30.1. The van der Waals surface area contributed by atoms with Crippen LogP contribution >= 0.6 is 0 Å². The molecular weight excluding hydrogens is 412 g/mol. The quantitative estimate of drug-likeness (QED) is 0.632. The van der Waals surface area contributed by atoms with Gasteiger partial charge in [0.15, 0.2) is 0 Å². The summed E-state index contributed by atoms with van der Waals surface area (Å²) < 4.78 is 0. The Hall–Kier alpha value is -1.92. The van der Waals surface area contributed by atoms with Gasteiger partial charge in [-0.25, -0.2) is 0 Å². The lowest BCUT2D eigenvalue weighted by Gasteiger charge is -2.43. The summed E-state index contributed by atoms with van der Waals surface area (Å²) in [6.45, 7) is 6.81. The number of aryl methyl sites for hydroxylation is 1. The molecule has 1 aliphatic heterocycles. The van der Waals surface area contributed by atoms with Crippen molar-refractivity contribution in [3.8, 4) is 0 Å². The SMILES string of the molecule is CC(=O)N1CCC(N(Cc2ccccc2C)C2CC2)C[C@@H]1C(=O)NCC1CCCC(CN)C1. The molecule has 3 aliphatic rings. The van der Waals surface area contributed by atoms with Crippen molar-refractivity contribution in [1.82, 2.24) is 15.1 Å². The maximum absolute atomic E-state index is 13.3. The molecule has 2 saturated carbocycles. The van der Waals surface area contributed by atoms with Gasteiger partial charge < -0.3 is 16.0 Å². The summed E-state index contributed by atoms with van der Waals surface area (Å²) in [6.07, 6.45) is 8.80. The molecule has 6 heteroatoms. The molecule has 182 valence electrons. The zero-order valence-electron chi connectivity index (χ0n) is 20.5. The Morgan fingerprint density at radius 1 is 1.06 bits per heavy atom. The number of likely N-dealkylation sites (tertiary alicyclic amines) is 1. The molecule has 4 atom stereocenters. The highest BCUT2D eigenvalue weighted by molar-refractivity contribution is 5.87. The van der Waals surface area contributed by atoms with Crippen LogP contribution in [0.25, 0.3) is 0 Å². The molecule has 1 aromatic carbocycles. The fourth-order valence-corrected chi connectivity index (χ4v) is 5.98. The van der Waals surface area contributed by atoms with Crippen molar-refractivity contribution in [2.75, 3.05) is 19.6 Å². The number of nitrogens with one attached hydrogen (secondary N) is 1. The smallest absolute Gasteiger partial charge is 0.242 e. The van der Waals surface area contributed by atoms with E-state index in [9.17, 15) is 9.59 Å². The van der Waals surface area contributed by atoms with Crippen LogP contribution in [0.3, 0.4) is 0 Å². The van der Waals surface area contributed by atoms with Crippen LogP contribution in [0.2, 0.25) is 0 Å². The van der Waals surface area contributed by atoms with Gasteiger partial charge in [0.1, 0.15) is 6.04 Å². The van der Waals surface area contributed by atoms with E-state index in [1.54, 1.807) is 11.8 Å². The average molecular weight is 455 g/mol. The van der Waals surface area contributed by atoms with Gasteiger partial charge in [-0.05, 0) is 81.4 Å². The predicted molar refractivity (Wildman–Crippen MR) is 131 cm³/mol. The molecule has 3 N–H and O–H groups in total. The molecule has 0 radical (unpaired) electrons. The largest absolute Gasteiger partial charge is 0.354 e. The Balaban J connectivity index is 1.41. The molecule has 6 nitrogen and oxygen atoms in total. The molecule has 2 amide bonds. The van der Waals surface area contributed by atoms with E-state index in [2.05, 4.69) is 41.4 Å². The molecule has 0 spiro atoms. The van der Waals surface area contributed by atoms with E-state index in [0.29, 0.717) is 37.0 Å². The maximum Gasteiger partial charge on any atom is 0.242 e. The van der Waals surface area contributed by atoms with Crippen LogP contribution in [0.1, 0.15) is 69.4 Å². The molecular formula is C27H42N4O2. The molecule has 3 fully saturated rings. The first-order chi connectivity index (χ1) is 16.0. The van der Waals surface area contributed by atoms with Crippen molar-refractivity contribution in [1.29, 1.82) is 0 Å². The number of carbonyl (C=O) groups is 2. The Morgan fingerprint density at radius 2 is 1.82 bits per heavy atom. The van der Waals surface area contributed by atoms with E-state index >= 15 is 0 Å². The number of piperidine rings is 1. The van der Waals surface area contributed by atoms with Crippen LogP contribution in [-0.2, 0) is 16.1 Å². The number of nitrogens with zero attached hydrogens (tertiary/aromatic N) is 2. The Kier molecular flexibility index (Phi) is 8.07. The van der Waals surface area contributed by atoms with Gasteiger partial charge in [-0.1, -0.05) is 30.7 Å². The van der Waals surface area contributed by atoms with Gasteiger partial charge in [0, 0.05) is 38.6 Å². The normalized spacial score (nSPS) is 28.1. The Morgan fingerprint density at radius 3 is 2.52 bits per heavy atom. The third-order valence-electron chi connectivity index (χ3n) is 8.17. The Labute approximate surface area is 199 Å². The van der Waals surface area contributed by atoms with E-state index in [0.717, 1.165) is 38.8 Å². The molecule has 0 bridgehead atoms. The molecule has 0 aromatic heterocycles. The molecule has 1 heterocycles. The number of hydrogen-bond donors (Lipinski definition) is 2. The maximum atomic E-state index is 13.3. The lowest BCUT2D eigenvalue weighted by atomic mass is 9.81. The zero-order valence-corrected chi connectivity index (χ0v) is 20.5. The minimum atomic E-state index is -0.367. The van der Waals surface area contributed by atoms with Gasteiger partial charge >= 0.3 is 0 Å². The van der Waals surface area contributed by atoms with E-state index < -0.39 is 0 Å². The first kappa shape index (κ1) is 24.2. The van der Waals surface area contributed by atoms with Gasteiger partial charge in [0.2, 0.25) is 11.8 Å². The summed E-state index contributed by atoms with van der Waals surface area (Å²) in [5.41, 5.74) is 8.58. The number of rotatable bonds is 8. The second-order valence-corrected chi connectivity index (χ2v) is 10.6.